The van der Waals surface area contributed by atoms with Crippen molar-refractivity contribution in [1.82, 2.24) is 20.1 Å². The third-order valence-corrected chi connectivity index (χ3v) is 2.33. The highest BCUT2D eigenvalue weighted by molar-refractivity contribution is 5.66. The number of hydrogen-bond acceptors (Lipinski definition) is 8. The van der Waals surface area contributed by atoms with Gasteiger partial charge in [0.15, 0.2) is 12.1 Å². The van der Waals surface area contributed by atoms with Gasteiger partial charge in [-0.2, -0.15) is 9.97 Å². The first-order chi connectivity index (χ1) is 9.31. The summed E-state index contributed by atoms with van der Waals surface area (Å²) in [4.78, 5) is 12.0. The van der Waals surface area contributed by atoms with E-state index in [1.54, 1.807) is 0 Å². The summed E-state index contributed by atoms with van der Waals surface area (Å²) >= 11 is 0. The summed E-state index contributed by atoms with van der Waals surface area (Å²) in [7, 11) is 0. The van der Waals surface area contributed by atoms with Crippen molar-refractivity contribution in [1.29, 1.82) is 0 Å². The van der Waals surface area contributed by atoms with Gasteiger partial charge in [0.05, 0.1) is 6.61 Å². The van der Waals surface area contributed by atoms with Crippen LogP contribution in [0.5, 0.6) is 5.88 Å². The Morgan fingerprint density at radius 3 is 2.95 bits per heavy atom. The minimum atomic E-state index is 0.400. The Kier molecular flexibility index (Phi) is 4.49. The average molecular weight is 264 g/mol. The minimum absolute atomic E-state index is 0.400. The largest absolute Gasteiger partial charge is 0.476 e. The lowest BCUT2D eigenvalue weighted by molar-refractivity contribution is 0.306. The van der Waals surface area contributed by atoms with Crippen molar-refractivity contribution >= 4 is 11.5 Å². The van der Waals surface area contributed by atoms with Gasteiger partial charge in [-0.3, -0.25) is 0 Å². The topological polar surface area (TPSA) is 112 Å². The van der Waals surface area contributed by atoms with Crippen molar-refractivity contribution in [3.8, 4) is 5.88 Å². The second-order valence-corrected chi connectivity index (χ2v) is 3.80. The van der Waals surface area contributed by atoms with Crippen LogP contribution in [-0.4, -0.2) is 33.3 Å². The average Bonchev–Trinajstić information content (AvgIpc) is 2.92. The van der Waals surface area contributed by atoms with Crippen molar-refractivity contribution in [3.63, 3.8) is 0 Å². The molecule has 0 radical (unpaired) electrons. The lowest BCUT2D eigenvalue weighted by Crippen LogP contribution is -2.11. The van der Waals surface area contributed by atoms with Crippen LogP contribution in [0, 0.1) is 0 Å². The van der Waals surface area contributed by atoms with Crippen LogP contribution in [0.2, 0.25) is 0 Å². The van der Waals surface area contributed by atoms with Gasteiger partial charge in [-0.15, -0.1) is 0 Å². The molecular formula is C11H16N6O2. The standard InChI is InChI=1S/C11H16N6O2/c1-2-5-18-11-9(12)10(15-6-16-11)13-4-3-8-14-7-17-19-8/h6-7H,2-5,12H2,1H3,(H,13,15,16). The van der Waals surface area contributed by atoms with Crippen molar-refractivity contribution < 1.29 is 9.26 Å². The van der Waals surface area contributed by atoms with E-state index < -0.39 is 0 Å². The van der Waals surface area contributed by atoms with Crippen LogP contribution in [0.4, 0.5) is 11.5 Å². The van der Waals surface area contributed by atoms with Gasteiger partial charge in [0.1, 0.15) is 12.0 Å². The number of anilines is 2. The number of rotatable bonds is 7. The first-order valence-corrected chi connectivity index (χ1v) is 6.04. The maximum absolute atomic E-state index is 5.92. The molecule has 3 N–H and O–H groups in total. The third-order valence-electron chi connectivity index (χ3n) is 2.33. The number of nitrogen functional groups attached to an aromatic ring is 1. The fourth-order valence-corrected chi connectivity index (χ4v) is 1.43. The molecule has 2 aromatic heterocycles. The van der Waals surface area contributed by atoms with Crippen molar-refractivity contribution in [2.24, 2.45) is 0 Å². The summed E-state index contributed by atoms with van der Waals surface area (Å²) < 4.78 is 10.3. The number of nitrogens with zero attached hydrogens (tertiary/aromatic N) is 4. The molecule has 0 atom stereocenters. The molecule has 0 aliphatic heterocycles. The number of nitrogens with two attached hydrogens (primary N) is 1. The molecule has 0 saturated carbocycles. The summed E-state index contributed by atoms with van der Waals surface area (Å²) in [5.41, 5.74) is 6.32. The van der Waals surface area contributed by atoms with Gasteiger partial charge in [-0.1, -0.05) is 12.1 Å². The van der Waals surface area contributed by atoms with Crippen LogP contribution in [-0.2, 0) is 6.42 Å². The smallest absolute Gasteiger partial charge is 0.242 e. The van der Waals surface area contributed by atoms with Gasteiger partial charge in [-0.05, 0) is 6.42 Å². The zero-order valence-corrected chi connectivity index (χ0v) is 10.7. The summed E-state index contributed by atoms with van der Waals surface area (Å²) in [6, 6.07) is 0. The van der Waals surface area contributed by atoms with E-state index >= 15 is 0 Å². The maximum Gasteiger partial charge on any atom is 0.242 e. The van der Waals surface area contributed by atoms with E-state index in [1.807, 2.05) is 6.92 Å². The minimum Gasteiger partial charge on any atom is -0.476 e. The molecule has 0 aromatic carbocycles. The van der Waals surface area contributed by atoms with Gasteiger partial charge in [0, 0.05) is 13.0 Å². The molecule has 8 nitrogen and oxygen atoms in total. The summed E-state index contributed by atoms with van der Waals surface area (Å²) in [6.45, 7) is 3.17. The second kappa shape index (κ2) is 6.53. The number of ether oxygens (including phenoxy) is 1. The lowest BCUT2D eigenvalue weighted by Gasteiger charge is -2.10. The number of hydrogen-bond donors (Lipinski definition) is 2. The van der Waals surface area contributed by atoms with E-state index in [0.717, 1.165) is 6.42 Å². The molecule has 2 aromatic rings. The lowest BCUT2D eigenvalue weighted by atomic mass is 10.4. The van der Waals surface area contributed by atoms with Gasteiger partial charge in [-0.25, -0.2) is 4.98 Å². The Morgan fingerprint density at radius 2 is 2.21 bits per heavy atom. The molecule has 8 heteroatoms. The Balaban J connectivity index is 1.92. The maximum atomic E-state index is 5.92. The summed E-state index contributed by atoms with van der Waals surface area (Å²) in [5, 5.41) is 6.61. The second-order valence-electron chi connectivity index (χ2n) is 3.80. The summed E-state index contributed by atoms with van der Waals surface area (Å²) in [6.07, 6.45) is 4.26. The van der Waals surface area contributed by atoms with E-state index in [4.69, 9.17) is 15.0 Å². The Labute approximate surface area is 110 Å². The Bertz CT molecular complexity index is 502. The van der Waals surface area contributed by atoms with Gasteiger partial charge >= 0.3 is 0 Å². The van der Waals surface area contributed by atoms with E-state index in [2.05, 4.69) is 25.4 Å². The van der Waals surface area contributed by atoms with Gasteiger partial charge in [0.2, 0.25) is 11.8 Å². The molecule has 0 unspecified atom stereocenters. The normalized spacial score (nSPS) is 10.4. The van der Waals surface area contributed by atoms with Crippen LogP contribution >= 0.6 is 0 Å². The first kappa shape index (κ1) is 13.1. The summed E-state index contributed by atoms with van der Waals surface area (Å²) in [5.74, 6) is 1.50. The molecule has 0 aliphatic carbocycles. The van der Waals surface area contributed by atoms with Crippen LogP contribution < -0.4 is 15.8 Å². The van der Waals surface area contributed by atoms with Crippen LogP contribution in [0.3, 0.4) is 0 Å². The fourth-order valence-electron chi connectivity index (χ4n) is 1.43. The van der Waals surface area contributed by atoms with E-state index in [1.165, 1.54) is 12.7 Å². The van der Waals surface area contributed by atoms with Gasteiger partial charge in [0.25, 0.3) is 0 Å². The third kappa shape index (κ3) is 3.54. The van der Waals surface area contributed by atoms with Crippen LogP contribution in [0.25, 0.3) is 0 Å². The quantitative estimate of drug-likeness (QED) is 0.758. The SMILES string of the molecule is CCCOc1ncnc(NCCc2ncno2)c1N. The fraction of sp³-hybridized carbons (Fsp3) is 0.455. The van der Waals surface area contributed by atoms with Crippen LogP contribution in [0.1, 0.15) is 19.2 Å². The van der Waals surface area contributed by atoms with Gasteiger partial charge < -0.3 is 20.3 Å². The molecule has 0 spiro atoms. The molecular weight excluding hydrogens is 248 g/mol. The molecule has 0 saturated heterocycles. The molecule has 0 bridgehead atoms. The zero-order valence-electron chi connectivity index (χ0n) is 10.7. The molecule has 2 rings (SSSR count). The number of nitrogens with one attached hydrogen (secondary N) is 1. The van der Waals surface area contributed by atoms with Crippen LogP contribution in [0.15, 0.2) is 17.2 Å². The van der Waals surface area contributed by atoms with Crippen molar-refractivity contribution in [3.05, 3.63) is 18.5 Å². The highest BCUT2D eigenvalue weighted by Gasteiger charge is 2.09. The number of aromatic nitrogens is 4. The predicted octanol–water partition coefficient (Wildman–Crippen LogP) is 0.885. The zero-order chi connectivity index (χ0) is 13.5. The van der Waals surface area contributed by atoms with E-state index in [-0.39, 0.29) is 0 Å². The van der Waals surface area contributed by atoms with Crippen molar-refractivity contribution in [2.75, 3.05) is 24.2 Å². The molecule has 19 heavy (non-hydrogen) atoms. The predicted molar refractivity (Wildman–Crippen MR) is 68.7 cm³/mol. The monoisotopic (exact) mass is 264 g/mol. The van der Waals surface area contributed by atoms with E-state index in [0.29, 0.717) is 42.8 Å². The molecule has 102 valence electrons. The van der Waals surface area contributed by atoms with E-state index in [9.17, 15) is 0 Å². The molecule has 2 heterocycles. The highest BCUT2D eigenvalue weighted by atomic mass is 16.5. The molecule has 0 aliphatic rings. The Hall–Kier alpha value is -2.38. The first-order valence-electron chi connectivity index (χ1n) is 6.04. The molecule has 0 fully saturated rings. The highest BCUT2D eigenvalue weighted by Crippen LogP contribution is 2.24. The molecule has 0 amide bonds. The van der Waals surface area contributed by atoms with Crippen molar-refractivity contribution in [2.45, 2.75) is 19.8 Å². The Morgan fingerprint density at radius 1 is 1.32 bits per heavy atom.